The molecular formula is C8H14O5. The molecule has 0 aromatic heterocycles. The first-order valence-electron chi connectivity index (χ1n) is 4.39. The first-order valence-corrected chi connectivity index (χ1v) is 4.39. The van der Waals surface area contributed by atoms with E-state index in [1.807, 2.05) is 0 Å². The number of hydrogen-bond acceptors (Lipinski definition) is 5. The van der Waals surface area contributed by atoms with E-state index in [4.69, 9.17) is 18.9 Å². The molecule has 0 saturated carbocycles. The van der Waals surface area contributed by atoms with Crippen molar-refractivity contribution in [3.05, 3.63) is 0 Å². The average Bonchev–Trinajstić information content (AvgIpc) is 2.29. The van der Waals surface area contributed by atoms with Crippen LogP contribution in [0, 0.1) is 0 Å². The van der Waals surface area contributed by atoms with E-state index in [9.17, 15) is 5.11 Å². The predicted octanol–water partition coefficient (Wildman–Crippen LogP) is -0.518. The van der Waals surface area contributed by atoms with E-state index < -0.39 is 6.10 Å². The molecule has 2 aliphatic heterocycles. The molecule has 5 nitrogen and oxygen atoms in total. The van der Waals surface area contributed by atoms with Gasteiger partial charge in [-0.1, -0.05) is 0 Å². The van der Waals surface area contributed by atoms with E-state index in [0.29, 0.717) is 6.61 Å². The summed E-state index contributed by atoms with van der Waals surface area (Å²) in [6.07, 6.45) is -1.44. The van der Waals surface area contributed by atoms with E-state index in [-0.39, 0.29) is 31.9 Å². The van der Waals surface area contributed by atoms with Gasteiger partial charge in [0.25, 0.3) is 0 Å². The van der Waals surface area contributed by atoms with Crippen LogP contribution in [0.15, 0.2) is 0 Å². The topological polar surface area (TPSA) is 57.2 Å². The Kier molecular flexibility index (Phi) is 2.80. The molecule has 76 valence electrons. The van der Waals surface area contributed by atoms with E-state index >= 15 is 0 Å². The summed E-state index contributed by atoms with van der Waals surface area (Å²) < 4.78 is 20.8. The lowest BCUT2D eigenvalue weighted by Crippen LogP contribution is -2.49. The summed E-state index contributed by atoms with van der Waals surface area (Å²) in [6.45, 7) is 2.66. The molecule has 2 rings (SSSR count). The Morgan fingerprint density at radius 1 is 1.15 bits per heavy atom. The van der Waals surface area contributed by atoms with E-state index in [1.165, 1.54) is 0 Å². The third-order valence-corrected chi connectivity index (χ3v) is 2.42. The molecule has 0 aromatic carbocycles. The Bertz CT molecular complexity index is 172. The normalized spacial score (nSPS) is 46.6. The van der Waals surface area contributed by atoms with Crippen LogP contribution < -0.4 is 0 Å². The minimum Gasteiger partial charge on any atom is -0.388 e. The zero-order valence-corrected chi connectivity index (χ0v) is 7.51. The van der Waals surface area contributed by atoms with Gasteiger partial charge < -0.3 is 24.1 Å². The summed E-state index contributed by atoms with van der Waals surface area (Å²) in [6, 6.07) is 0. The molecule has 0 radical (unpaired) electrons. The third-order valence-electron chi connectivity index (χ3n) is 2.42. The molecule has 2 heterocycles. The fourth-order valence-electron chi connectivity index (χ4n) is 1.55. The lowest BCUT2D eigenvalue weighted by molar-refractivity contribution is -0.226. The number of aliphatic hydroxyl groups excluding tert-OH is 1. The van der Waals surface area contributed by atoms with Crippen molar-refractivity contribution in [2.75, 3.05) is 20.2 Å². The van der Waals surface area contributed by atoms with E-state index in [2.05, 4.69) is 0 Å². The van der Waals surface area contributed by atoms with Crippen molar-refractivity contribution in [3.63, 3.8) is 0 Å². The number of rotatable bonds is 0. The molecule has 2 aliphatic rings. The van der Waals surface area contributed by atoms with Gasteiger partial charge in [-0.05, 0) is 6.92 Å². The van der Waals surface area contributed by atoms with Gasteiger partial charge in [0.05, 0.1) is 12.7 Å². The highest BCUT2D eigenvalue weighted by Gasteiger charge is 2.38. The maximum Gasteiger partial charge on any atom is 0.147 e. The molecule has 5 heteroatoms. The monoisotopic (exact) mass is 190 g/mol. The molecule has 0 aliphatic carbocycles. The number of fused-ring (bicyclic) bond motifs is 1. The van der Waals surface area contributed by atoms with Gasteiger partial charge in [-0.2, -0.15) is 0 Å². The predicted molar refractivity (Wildman–Crippen MR) is 42.0 cm³/mol. The van der Waals surface area contributed by atoms with Crippen LogP contribution >= 0.6 is 0 Å². The average molecular weight is 190 g/mol. The van der Waals surface area contributed by atoms with Crippen molar-refractivity contribution in [1.82, 2.24) is 0 Å². The summed E-state index contributed by atoms with van der Waals surface area (Å²) in [7, 11) is 0. The second-order valence-electron chi connectivity index (χ2n) is 3.31. The van der Waals surface area contributed by atoms with Crippen LogP contribution in [0.3, 0.4) is 0 Å². The van der Waals surface area contributed by atoms with Gasteiger partial charge >= 0.3 is 0 Å². The first-order chi connectivity index (χ1) is 6.29. The molecule has 13 heavy (non-hydrogen) atoms. The summed E-state index contributed by atoms with van der Waals surface area (Å²) in [5.74, 6) is 0. The molecule has 0 spiro atoms. The maximum absolute atomic E-state index is 9.77. The second kappa shape index (κ2) is 3.89. The highest BCUT2D eigenvalue weighted by molar-refractivity contribution is 4.84. The SMILES string of the molecule is C[C@@H]1OCO[C@@H]2COCO[C@@H]2[C@H]1O. The number of hydrogen-bond donors (Lipinski definition) is 1. The Hall–Kier alpha value is -0.200. The Morgan fingerprint density at radius 3 is 2.85 bits per heavy atom. The van der Waals surface area contributed by atoms with Gasteiger partial charge in [-0.3, -0.25) is 0 Å². The quantitative estimate of drug-likeness (QED) is 0.557. The molecule has 0 bridgehead atoms. The summed E-state index contributed by atoms with van der Waals surface area (Å²) in [5, 5.41) is 9.77. The van der Waals surface area contributed by atoms with Crippen molar-refractivity contribution < 1.29 is 24.1 Å². The van der Waals surface area contributed by atoms with Crippen LogP contribution in [-0.2, 0) is 18.9 Å². The summed E-state index contributed by atoms with van der Waals surface area (Å²) in [4.78, 5) is 0. The molecule has 0 amide bonds. The van der Waals surface area contributed by atoms with Crippen LogP contribution in [0.2, 0.25) is 0 Å². The van der Waals surface area contributed by atoms with Crippen LogP contribution in [0.5, 0.6) is 0 Å². The van der Waals surface area contributed by atoms with Crippen LogP contribution in [0.25, 0.3) is 0 Å². The molecular weight excluding hydrogens is 176 g/mol. The van der Waals surface area contributed by atoms with Gasteiger partial charge in [0.2, 0.25) is 0 Å². The smallest absolute Gasteiger partial charge is 0.147 e. The fraction of sp³-hybridized carbons (Fsp3) is 1.00. The molecule has 2 saturated heterocycles. The van der Waals surface area contributed by atoms with Crippen molar-refractivity contribution >= 4 is 0 Å². The van der Waals surface area contributed by atoms with Gasteiger partial charge in [0.1, 0.15) is 31.9 Å². The van der Waals surface area contributed by atoms with Gasteiger partial charge in [0, 0.05) is 0 Å². The minimum absolute atomic E-state index is 0.187. The van der Waals surface area contributed by atoms with Crippen molar-refractivity contribution in [1.29, 1.82) is 0 Å². The fourth-order valence-corrected chi connectivity index (χ4v) is 1.55. The molecule has 4 atom stereocenters. The molecule has 0 unspecified atom stereocenters. The Labute approximate surface area is 76.5 Å². The maximum atomic E-state index is 9.77. The van der Waals surface area contributed by atoms with Crippen molar-refractivity contribution in [2.45, 2.75) is 31.3 Å². The lowest BCUT2D eigenvalue weighted by atomic mass is 10.0. The van der Waals surface area contributed by atoms with Gasteiger partial charge in [-0.25, -0.2) is 0 Å². The zero-order valence-electron chi connectivity index (χ0n) is 7.51. The van der Waals surface area contributed by atoms with Crippen molar-refractivity contribution in [3.8, 4) is 0 Å². The van der Waals surface area contributed by atoms with Crippen molar-refractivity contribution in [2.24, 2.45) is 0 Å². The van der Waals surface area contributed by atoms with Crippen LogP contribution in [-0.4, -0.2) is 49.7 Å². The lowest BCUT2D eigenvalue weighted by Gasteiger charge is -2.32. The third kappa shape index (κ3) is 1.84. The highest BCUT2D eigenvalue weighted by atomic mass is 16.7. The van der Waals surface area contributed by atoms with E-state index in [0.717, 1.165) is 0 Å². The number of ether oxygens (including phenoxy) is 4. The molecule has 1 N–H and O–H groups in total. The zero-order chi connectivity index (χ0) is 9.26. The largest absolute Gasteiger partial charge is 0.388 e. The van der Waals surface area contributed by atoms with E-state index in [1.54, 1.807) is 6.92 Å². The second-order valence-corrected chi connectivity index (χ2v) is 3.31. The van der Waals surface area contributed by atoms with Gasteiger partial charge in [-0.15, -0.1) is 0 Å². The standard InChI is InChI=1S/C8H14O5/c1-5-7(9)8-6(12-4-11-5)2-10-3-13-8/h5-9H,2-4H2,1H3/t5-,6+,7-,8-/m0/s1. The van der Waals surface area contributed by atoms with Gasteiger partial charge in [0.15, 0.2) is 0 Å². The Morgan fingerprint density at radius 2 is 2.00 bits per heavy atom. The first kappa shape index (κ1) is 9.36. The Balaban J connectivity index is 2.06. The summed E-state index contributed by atoms with van der Waals surface area (Å²) in [5.41, 5.74) is 0. The molecule has 2 fully saturated rings. The summed E-state index contributed by atoms with van der Waals surface area (Å²) >= 11 is 0. The van der Waals surface area contributed by atoms with Crippen LogP contribution in [0.1, 0.15) is 6.92 Å². The number of aliphatic hydroxyl groups is 1. The highest BCUT2D eigenvalue weighted by Crippen LogP contribution is 2.21. The van der Waals surface area contributed by atoms with Crippen LogP contribution in [0.4, 0.5) is 0 Å². The minimum atomic E-state index is -0.642. The molecule has 0 aromatic rings.